The van der Waals surface area contributed by atoms with E-state index in [0.29, 0.717) is 29.1 Å². The first-order valence-corrected chi connectivity index (χ1v) is 8.68. The molecule has 0 radical (unpaired) electrons. The van der Waals surface area contributed by atoms with Crippen molar-refractivity contribution >= 4 is 40.7 Å². The summed E-state index contributed by atoms with van der Waals surface area (Å²) < 4.78 is 5.14. The number of hydrogen-bond acceptors (Lipinski definition) is 6. The lowest BCUT2D eigenvalue weighted by Crippen LogP contribution is -2.08. The van der Waals surface area contributed by atoms with Crippen LogP contribution in [0.5, 0.6) is 5.75 Å². The van der Waals surface area contributed by atoms with E-state index in [2.05, 4.69) is 25.8 Å². The minimum Gasteiger partial charge on any atom is -0.495 e. The van der Waals surface area contributed by atoms with E-state index in [4.69, 9.17) is 27.9 Å². The predicted molar refractivity (Wildman–Crippen MR) is 105 cm³/mol. The lowest BCUT2D eigenvalue weighted by atomic mass is 10.1. The van der Waals surface area contributed by atoms with Crippen LogP contribution in [0.4, 0.5) is 17.5 Å². The van der Waals surface area contributed by atoms with E-state index in [-0.39, 0.29) is 0 Å². The van der Waals surface area contributed by atoms with Gasteiger partial charge in [-0.05, 0) is 42.3 Å². The van der Waals surface area contributed by atoms with Crippen LogP contribution in [0.2, 0.25) is 10.0 Å². The SMILES string of the molecule is COc1ccc(Nc2nncc(NCCc3cccc(Cl)c3)n2)cc1Cl. The van der Waals surface area contributed by atoms with E-state index in [1.54, 1.807) is 25.4 Å². The summed E-state index contributed by atoms with van der Waals surface area (Å²) in [6, 6.07) is 13.1. The first-order valence-electron chi connectivity index (χ1n) is 7.92. The van der Waals surface area contributed by atoms with Crippen molar-refractivity contribution in [3.05, 3.63) is 64.3 Å². The summed E-state index contributed by atoms with van der Waals surface area (Å²) in [5.41, 5.74) is 1.90. The summed E-state index contributed by atoms with van der Waals surface area (Å²) in [7, 11) is 1.57. The second kappa shape index (κ2) is 8.69. The maximum atomic E-state index is 6.12. The van der Waals surface area contributed by atoms with Gasteiger partial charge in [0.25, 0.3) is 0 Å². The van der Waals surface area contributed by atoms with Gasteiger partial charge in [-0.1, -0.05) is 35.3 Å². The molecule has 1 aromatic heterocycles. The molecule has 8 heteroatoms. The zero-order valence-electron chi connectivity index (χ0n) is 14.0. The van der Waals surface area contributed by atoms with Crippen LogP contribution in [0.3, 0.4) is 0 Å². The van der Waals surface area contributed by atoms with E-state index >= 15 is 0 Å². The third-order valence-corrected chi connectivity index (χ3v) is 4.11. The summed E-state index contributed by atoms with van der Waals surface area (Å²) in [6.45, 7) is 0.701. The fraction of sp³-hybridized carbons (Fsp3) is 0.167. The molecule has 0 aliphatic carbocycles. The van der Waals surface area contributed by atoms with Gasteiger partial charge in [-0.15, -0.1) is 5.10 Å². The molecule has 0 aliphatic rings. The van der Waals surface area contributed by atoms with Crippen molar-refractivity contribution in [3.63, 3.8) is 0 Å². The highest BCUT2D eigenvalue weighted by Crippen LogP contribution is 2.28. The molecule has 0 fully saturated rings. The number of methoxy groups -OCH3 is 1. The van der Waals surface area contributed by atoms with Crippen LogP contribution in [0.15, 0.2) is 48.7 Å². The van der Waals surface area contributed by atoms with E-state index in [9.17, 15) is 0 Å². The van der Waals surface area contributed by atoms with Gasteiger partial charge in [0.1, 0.15) is 5.75 Å². The average molecular weight is 390 g/mol. The molecular formula is C18H17Cl2N5O. The van der Waals surface area contributed by atoms with E-state index < -0.39 is 0 Å². The molecule has 3 rings (SSSR count). The van der Waals surface area contributed by atoms with Gasteiger partial charge in [0, 0.05) is 17.3 Å². The van der Waals surface area contributed by atoms with Crippen LogP contribution >= 0.6 is 23.2 Å². The van der Waals surface area contributed by atoms with Crippen LogP contribution in [0, 0.1) is 0 Å². The molecule has 0 atom stereocenters. The Morgan fingerprint density at radius 2 is 2.00 bits per heavy atom. The quantitative estimate of drug-likeness (QED) is 0.615. The van der Waals surface area contributed by atoms with E-state index in [0.717, 1.165) is 22.7 Å². The van der Waals surface area contributed by atoms with Gasteiger partial charge < -0.3 is 15.4 Å². The van der Waals surface area contributed by atoms with Crippen molar-refractivity contribution in [3.8, 4) is 5.75 Å². The van der Waals surface area contributed by atoms with E-state index in [1.807, 2.05) is 30.3 Å². The maximum absolute atomic E-state index is 6.12. The highest BCUT2D eigenvalue weighted by Gasteiger charge is 2.05. The monoisotopic (exact) mass is 389 g/mol. The standard InChI is InChI=1S/C18H17Cl2N5O/c1-26-16-6-5-14(10-15(16)20)23-18-24-17(11-22-25-18)21-8-7-12-3-2-4-13(19)9-12/h2-6,9-11H,7-8H2,1H3,(H2,21,23,24,25). The summed E-state index contributed by atoms with van der Waals surface area (Å²) in [5.74, 6) is 1.61. The highest BCUT2D eigenvalue weighted by atomic mass is 35.5. The van der Waals surface area contributed by atoms with Gasteiger partial charge in [0.05, 0.1) is 18.3 Å². The lowest BCUT2D eigenvalue weighted by Gasteiger charge is -2.09. The number of anilines is 3. The van der Waals surface area contributed by atoms with Crippen LogP contribution in [0.25, 0.3) is 0 Å². The fourth-order valence-corrected chi connectivity index (χ4v) is 2.81. The minimum absolute atomic E-state index is 0.374. The van der Waals surface area contributed by atoms with Crippen LogP contribution in [0.1, 0.15) is 5.56 Å². The Bertz CT molecular complexity index is 891. The Kier molecular flexibility index (Phi) is 6.09. The Hall–Kier alpha value is -2.57. The van der Waals surface area contributed by atoms with Crippen molar-refractivity contribution in [2.24, 2.45) is 0 Å². The average Bonchev–Trinajstić information content (AvgIpc) is 2.62. The Labute approximate surface area is 161 Å². The fourth-order valence-electron chi connectivity index (χ4n) is 2.34. The molecule has 0 bridgehead atoms. The molecule has 6 nitrogen and oxygen atoms in total. The third-order valence-electron chi connectivity index (χ3n) is 3.58. The van der Waals surface area contributed by atoms with Gasteiger partial charge in [0.2, 0.25) is 5.95 Å². The van der Waals surface area contributed by atoms with Gasteiger partial charge in [-0.2, -0.15) is 10.1 Å². The topological polar surface area (TPSA) is 72.0 Å². The van der Waals surface area contributed by atoms with Gasteiger partial charge >= 0.3 is 0 Å². The molecule has 2 aromatic carbocycles. The lowest BCUT2D eigenvalue weighted by molar-refractivity contribution is 0.415. The molecule has 134 valence electrons. The van der Waals surface area contributed by atoms with Crippen LogP contribution in [-0.2, 0) is 6.42 Å². The third kappa shape index (κ3) is 4.97. The van der Waals surface area contributed by atoms with Crippen molar-refractivity contribution in [1.82, 2.24) is 15.2 Å². The summed E-state index contributed by atoms with van der Waals surface area (Å²) in [6.07, 6.45) is 2.39. The number of ether oxygens (including phenoxy) is 1. The smallest absolute Gasteiger partial charge is 0.249 e. The normalized spacial score (nSPS) is 10.4. The minimum atomic E-state index is 0.374. The summed E-state index contributed by atoms with van der Waals surface area (Å²) >= 11 is 12.1. The number of nitrogens with zero attached hydrogens (tertiary/aromatic N) is 3. The molecule has 26 heavy (non-hydrogen) atoms. The van der Waals surface area contributed by atoms with Crippen molar-refractivity contribution in [1.29, 1.82) is 0 Å². The first kappa shape index (κ1) is 18.2. The Balaban J connectivity index is 1.60. The molecule has 0 aliphatic heterocycles. The number of halogens is 2. The summed E-state index contributed by atoms with van der Waals surface area (Å²) in [4.78, 5) is 4.39. The Morgan fingerprint density at radius 1 is 1.12 bits per heavy atom. The molecular weight excluding hydrogens is 373 g/mol. The summed E-state index contributed by atoms with van der Waals surface area (Å²) in [5, 5.41) is 15.5. The Morgan fingerprint density at radius 3 is 2.77 bits per heavy atom. The number of hydrogen-bond donors (Lipinski definition) is 2. The van der Waals surface area contributed by atoms with Crippen molar-refractivity contribution in [2.45, 2.75) is 6.42 Å². The maximum Gasteiger partial charge on any atom is 0.249 e. The molecule has 0 amide bonds. The largest absolute Gasteiger partial charge is 0.495 e. The molecule has 2 N–H and O–H groups in total. The van der Waals surface area contributed by atoms with Crippen molar-refractivity contribution in [2.75, 3.05) is 24.3 Å². The number of rotatable bonds is 7. The van der Waals surface area contributed by atoms with Gasteiger partial charge in [-0.25, -0.2) is 0 Å². The number of benzene rings is 2. The highest BCUT2D eigenvalue weighted by molar-refractivity contribution is 6.32. The van der Waals surface area contributed by atoms with Crippen LogP contribution in [-0.4, -0.2) is 28.8 Å². The van der Waals surface area contributed by atoms with Crippen molar-refractivity contribution < 1.29 is 4.74 Å². The van der Waals surface area contributed by atoms with Crippen LogP contribution < -0.4 is 15.4 Å². The van der Waals surface area contributed by atoms with Gasteiger partial charge in [0.15, 0.2) is 5.82 Å². The first-order chi connectivity index (χ1) is 12.6. The zero-order valence-corrected chi connectivity index (χ0v) is 15.6. The molecule has 3 aromatic rings. The predicted octanol–water partition coefficient (Wildman–Crippen LogP) is 4.59. The second-order valence-electron chi connectivity index (χ2n) is 5.45. The molecule has 1 heterocycles. The van der Waals surface area contributed by atoms with Gasteiger partial charge in [-0.3, -0.25) is 0 Å². The molecule has 0 spiro atoms. The molecule has 0 saturated carbocycles. The molecule has 0 saturated heterocycles. The number of nitrogens with one attached hydrogen (secondary N) is 2. The molecule has 0 unspecified atom stereocenters. The zero-order chi connectivity index (χ0) is 18.4. The second-order valence-corrected chi connectivity index (χ2v) is 6.29. The number of aromatic nitrogens is 3. The van der Waals surface area contributed by atoms with E-state index in [1.165, 1.54) is 0 Å².